The predicted molar refractivity (Wildman–Crippen MR) is 105 cm³/mol. The van der Waals surface area contributed by atoms with Crippen molar-refractivity contribution in [2.24, 2.45) is 0 Å². The number of rotatable bonds is 7. The highest BCUT2D eigenvalue weighted by atomic mass is 16.5. The Morgan fingerprint density at radius 2 is 2.00 bits per heavy atom. The number of hydrogen-bond donors (Lipinski definition) is 3. The lowest BCUT2D eigenvalue weighted by Crippen LogP contribution is -2.17. The second-order valence-electron chi connectivity index (χ2n) is 6.42. The van der Waals surface area contributed by atoms with Crippen LogP contribution in [0.1, 0.15) is 48.7 Å². The van der Waals surface area contributed by atoms with Crippen molar-refractivity contribution in [3.05, 3.63) is 35.4 Å². The molecule has 4 N–H and O–H groups in total. The van der Waals surface area contributed by atoms with E-state index in [-0.39, 0.29) is 29.8 Å². The van der Waals surface area contributed by atoms with Crippen LogP contribution >= 0.6 is 0 Å². The number of carbonyl (C=O) groups excluding carboxylic acids is 1. The van der Waals surface area contributed by atoms with E-state index in [9.17, 15) is 9.90 Å². The second-order valence-corrected chi connectivity index (χ2v) is 6.42. The van der Waals surface area contributed by atoms with Crippen LogP contribution in [0.5, 0.6) is 12.0 Å². The lowest BCUT2D eigenvalue weighted by molar-refractivity contribution is 0.0963. The largest absolute Gasteiger partial charge is 0.480 e. The maximum Gasteiger partial charge on any atom is 0.320 e. The van der Waals surface area contributed by atoms with Crippen molar-refractivity contribution in [1.29, 1.82) is 0 Å². The second kappa shape index (κ2) is 8.12. The lowest BCUT2D eigenvalue weighted by atomic mass is 10.1. The molecule has 28 heavy (non-hydrogen) atoms. The Morgan fingerprint density at radius 1 is 1.29 bits per heavy atom. The number of nitrogens with one attached hydrogen (secondary N) is 1. The summed E-state index contributed by atoms with van der Waals surface area (Å²) in [5.74, 6) is -0.0165. The van der Waals surface area contributed by atoms with Gasteiger partial charge >= 0.3 is 6.01 Å². The van der Waals surface area contributed by atoms with E-state index < -0.39 is 0 Å². The molecule has 3 aromatic rings. The third kappa shape index (κ3) is 3.68. The first-order valence-electron chi connectivity index (χ1n) is 9.15. The van der Waals surface area contributed by atoms with Crippen LogP contribution in [0, 0.1) is 0 Å². The van der Waals surface area contributed by atoms with Crippen molar-refractivity contribution < 1.29 is 14.6 Å². The third-order valence-electron chi connectivity index (χ3n) is 4.53. The third-order valence-corrected chi connectivity index (χ3v) is 4.53. The van der Waals surface area contributed by atoms with E-state index in [1.807, 2.05) is 19.1 Å². The van der Waals surface area contributed by atoms with Crippen molar-refractivity contribution in [1.82, 2.24) is 24.8 Å². The number of amides is 1. The van der Waals surface area contributed by atoms with Gasteiger partial charge < -0.3 is 20.9 Å². The van der Waals surface area contributed by atoms with E-state index in [0.717, 1.165) is 18.4 Å². The zero-order valence-electron chi connectivity index (χ0n) is 16.1. The Bertz CT molecular complexity index is 983. The smallest absolute Gasteiger partial charge is 0.320 e. The van der Waals surface area contributed by atoms with Gasteiger partial charge in [0.2, 0.25) is 0 Å². The molecule has 1 atom stereocenters. The summed E-state index contributed by atoms with van der Waals surface area (Å²) in [6.07, 6.45) is 1.86. The molecule has 148 valence electrons. The maximum absolute atomic E-state index is 11.7. The van der Waals surface area contributed by atoms with Gasteiger partial charge in [-0.15, -0.1) is 0 Å². The number of ether oxygens (including phenoxy) is 1. The van der Waals surface area contributed by atoms with Crippen LogP contribution in [-0.4, -0.2) is 44.2 Å². The molecule has 0 saturated carbocycles. The Kier molecular flexibility index (Phi) is 5.62. The first kappa shape index (κ1) is 19.4. The minimum absolute atomic E-state index is 0.146. The average molecular weight is 384 g/mol. The average Bonchev–Trinajstić information content (AvgIpc) is 3.03. The SMILES string of the molecule is CCCCOc1nc(N)c2nc(O)n(C(C)c3ccc(C(=O)NC)cc3)c2n1. The molecule has 0 spiro atoms. The van der Waals surface area contributed by atoms with Crippen molar-refractivity contribution in [2.45, 2.75) is 32.7 Å². The first-order chi connectivity index (χ1) is 13.5. The molecule has 1 aromatic carbocycles. The first-order valence-corrected chi connectivity index (χ1v) is 9.15. The molecular formula is C19H24N6O3. The fourth-order valence-corrected chi connectivity index (χ4v) is 2.90. The summed E-state index contributed by atoms with van der Waals surface area (Å²) in [6, 6.07) is 6.73. The Labute approximate surface area is 162 Å². The molecule has 0 aliphatic heterocycles. The summed E-state index contributed by atoms with van der Waals surface area (Å²) >= 11 is 0. The van der Waals surface area contributed by atoms with Gasteiger partial charge in [-0.2, -0.15) is 15.0 Å². The number of nitrogens with two attached hydrogens (primary N) is 1. The molecule has 2 aromatic heterocycles. The molecule has 0 aliphatic carbocycles. The van der Waals surface area contributed by atoms with Crippen LogP contribution in [0.25, 0.3) is 11.2 Å². The number of nitrogens with zero attached hydrogens (tertiary/aromatic N) is 4. The highest BCUT2D eigenvalue weighted by Gasteiger charge is 2.21. The van der Waals surface area contributed by atoms with Crippen molar-refractivity contribution in [3.8, 4) is 12.0 Å². The van der Waals surface area contributed by atoms with Crippen LogP contribution in [0.3, 0.4) is 0 Å². The Morgan fingerprint density at radius 3 is 2.64 bits per heavy atom. The molecule has 1 amide bonds. The summed E-state index contributed by atoms with van der Waals surface area (Å²) in [4.78, 5) is 24.3. The number of imidazole rings is 1. The number of benzene rings is 1. The standard InChI is InChI=1S/C19H24N6O3/c1-4-5-10-28-18-23-15(20)14-16(24-18)25(19(27)22-14)11(2)12-6-8-13(9-7-12)17(26)21-3/h6-9,11H,4-5,10H2,1-3H3,(H,21,26)(H,22,27)(H2,20,23,24). The molecule has 0 radical (unpaired) electrons. The maximum atomic E-state index is 11.7. The molecule has 9 nitrogen and oxygen atoms in total. The van der Waals surface area contributed by atoms with Gasteiger partial charge in [0.1, 0.15) is 0 Å². The van der Waals surface area contributed by atoms with Crippen molar-refractivity contribution in [2.75, 3.05) is 19.4 Å². The van der Waals surface area contributed by atoms with Crippen LogP contribution in [0.2, 0.25) is 0 Å². The summed E-state index contributed by atoms with van der Waals surface area (Å²) in [5.41, 5.74) is 8.11. The van der Waals surface area contributed by atoms with Crippen LogP contribution in [-0.2, 0) is 0 Å². The molecule has 1 unspecified atom stereocenters. The summed E-state index contributed by atoms with van der Waals surface area (Å²) in [7, 11) is 1.58. The van der Waals surface area contributed by atoms with Gasteiger partial charge in [0.05, 0.1) is 12.6 Å². The molecule has 2 heterocycles. The summed E-state index contributed by atoms with van der Waals surface area (Å²) in [6.45, 7) is 4.44. The van der Waals surface area contributed by atoms with E-state index in [0.29, 0.717) is 23.3 Å². The number of hydrogen-bond acceptors (Lipinski definition) is 7. The van der Waals surface area contributed by atoms with Crippen LogP contribution in [0.4, 0.5) is 5.82 Å². The molecule has 9 heteroatoms. The van der Waals surface area contributed by atoms with E-state index in [4.69, 9.17) is 10.5 Å². The van der Waals surface area contributed by atoms with E-state index in [1.54, 1.807) is 23.7 Å². The van der Waals surface area contributed by atoms with Gasteiger partial charge in [-0.3, -0.25) is 9.36 Å². The molecule has 3 rings (SSSR count). The fraction of sp³-hybridized carbons (Fsp3) is 0.368. The number of aromatic hydroxyl groups is 1. The number of unbranched alkanes of at least 4 members (excludes halogenated alkanes) is 1. The topological polar surface area (TPSA) is 128 Å². The number of fused-ring (bicyclic) bond motifs is 1. The monoisotopic (exact) mass is 384 g/mol. The van der Waals surface area contributed by atoms with Crippen molar-refractivity contribution in [3.63, 3.8) is 0 Å². The van der Waals surface area contributed by atoms with Crippen molar-refractivity contribution >= 4 is 22.9 Å². The zero-order chi connectivity index (χ0) is 20.3. The van der Waals surface area contributed by atoms with Gasteiger partial charge in [0.15, 0.2) is 17.0 Å². The number of anilines is 1. The summed E-state index contributed by atoms with van der Waals surface area (Å²) < 4.78 is 7.13. The molecule has 0 saturated heterocycles. The minimum Gasteiger partial charge on any atom is -0.480 e. The highest BCUT2D eigenvalue weighted by molar-refractivity contribution is 5.94. The van der Waals surface area contributed by atoms with E-state index >= 15 is 0 Å². The molecule has 0 bridgehead atoms. The summed E-state index contributed by atoms with van der Waals surface area (Å²) in [5, 5.41) is 13.0. The normalized spacial score (nSPS) is 12.1. The van der Waals surface area contributed by atoms with Gasteiger partial charge in [-0.25, -0.2) is 0 Å². The fourth-order valence-electron chi connectivity index (χ4n) is 2.90. The Hall–Kier alpha value is -3.36. The molecule has 0 fully saturated rings. The van der Waals surface area contributed by atoms with E-state index in [2.05, 4.69) is 27.2 Å². The number of aromatic nitrogens is 4. The number of nitrogen functional groups attached to an aromatic ring is 1. The van der Waals surface area contributed by atoms with Gasteiger partial charge in [-0.1, -0.05) is 25.5 Å². The van der Waals surface area contributed by atoms with E-state index in [1.165, 1.54) is 0 Å². The van der Waals surface area contributed by atoms with Gasteiger partial charge in [-0.05, 0) is 31.0 Å². The zero-order valence-corrected chi connectivity index (χ0v) is 16.1. The lowest BCUT2D eigenvalue weighted by Gasteiger charge is -2.16. The van der Waals surface area contributed by atoms with Crippen LogP contribution < -0.4 is 15.8 Å². The molecule has 0 aliphatic rings. The number of carbonyl (C=O) groups is 1. The highest BCUT2D eigenvalue weighted by Crippen LogP contribution is 2.31. The van der Waals surface area contributed by atoms with Gasteiger partial charge in [0.25, 0.3) is 11.9 Å². The predicted octanol–water partition coefficient (Wildman–Crippen LogP) is 2.26. The quantitative estimate of drug-likeness (QED) is 0.533. The molecular weight excluding hydrogens is 360 g/mol. The Balaban J connectivity index is 1.98. The minimum atomic E-state index is -0.304. The van der Waals surface area contributed by atoms with Crippen LogP contribution in [0.15, 0.2) is 24.3 Å². The van der Waals surface area contributed by atoms with Gasteiger partial charge in [0, 0.05) is 12.6 Å².